The average molecular weight is 425 g/mol. The lowest BCUT2D eigenvalue weighted by Gasteiger charge is -2.34. The zero-order valence-corrected chi connectivity index (χ0v) is 17.2. The highest BCUT2D eigenvalue weighted by molar-refractivity contribution is 7.13. The summed E-state index contributed by atoms with van der Waals surface area (Å²) in [5, 5.41) is 8.28. The molecule has 0 aliphatic carbocycles. The highest BCUT2D eigenvalue weighted by Crippen LogP contribution is 2.25. The Bertz CT molecular complexity index is 867. The summed E-state index contributed by atoms with van der Waals surface area (Å²) >= 11 is 7.38. The number of halogens is 2. The molecule has 9 heteroatoms. The topological polar surface area (TPSA) is 74.3 Å². The van der Waals surface area contributed by atoms with Crippen LogP contribution in [0.2, 0.25) is 5.02 Å². The number of carbonyl (C=O) groups is 2. The number of amides is 2. The molecule has 1 fully saturated rings. The number of aryl methyl sites for hydroxylation is 1. The van der Waals surface area contributed by atoms with E-state index in [0.29, 0.717) is 36.8 Å². The van der Waals surface area contributed by atoms with Gasteiger partial charge in [0.05, 0.1) is 22.4 Å². The molecule has 1 aliphatic rings. The van der Waals surface area contributed by atoms with Crippen molar-refractivity contribution in [3.05, 3.63) is 40.1 Å². The Labute approximate surface area is 172 Å². The van der Waals surface area contributed by atoms with Crippen molar-refractivity contribution >= 4 is 45.6 Å². The summed E-state index contributed by atoms with van der Waals surface area (Å²) in [6.45, 7) is 4.98. The molecule has 0 saturated carbocycles. The van der Waals surface area contributed by atoms with Gasteiger partial charge in [0.15, 0.2) is 5.13 Å². The fourth-order valence-corrected chi connectivity index (χ4v) is 4.07. The van der Waals surface area contributed by atoms with Crippen molar-refractivity contribution in [3.63, 3.8) is 0 Å². The van der Waals surface area contributed by atoms with Gasteiger partial charge in [0.1, 0.15) is 5.82 Å². The van der Waals surface area contributed by atoms with Crippen LogP contribution in [0.1, 0.15) is 25.5 Å². The standard InChI is InChI=1S/C19H22ClFN4O2S/c1-11-10-28-19(22-11)24-18(27)13-5-7-25(8-6-13)12(2)17(26)23-16-4-3-14(21)9-15(16)20/h3-4,9-10,12-13H,5-8H2,1-2H3,(H,23,26)(H,22,24,27). The van der Waals surface area contributed by atoms with Gasteiger partial charge >= 0.3 is 0 Å². The van der Waals surface area contributed by atoms with Gasteiger partial charge in [-0.25, -0.2) is 9.37 Å². The van der Waals surface area contributed by atoms with Gasteiger partial charge in [-0.05, 0) is 58.0 Å². The van der Waals surface area contributed by atoms with Gasteiger partial charge in [-0.15, -0.1) is 11.3 Å². The van der Waals surface area contributed by atoms with Crippen LogP contribution in [0.25, 0.3) is 0 Å². The van der Waals surface area contributed by atoms with Crippen LogP contribution in [-0.2, 0) is 9.59 Å². The number of thiazole rings is 1. The molecule has 2 N–H and O–H groups in total. The Morgan fingerprint density at radius 2 is 2.04 bits per heavy atom. The maximum atomic E-state index is 13.1. The summed E-state index contributed by atoms with van der Waals surface area (Å²) in [4.78, 5) is 31.2. The number of benzene rings is 1. The smallest absolute Gasteiger partial charge is 0.241 e. The van der Waals surface area contributed by atoms with Crippen molar-refractivity contribution in [2.75, 3.05) is 23.7 Å². The molecule has 0 bridgehead atoms. The molecular formula is C19H22ClFN4O2S. The Kier molecular flexibility index (Phi) is 6.64. The van der Waals surface area contributed by atoms with E-state index in [1.807, 2.05) is 24.1 Å². The minimum atomic E-state index is -0.454. The first-order valence-electron chi connectivity index (χ1n) is 9.06. The molecule has 1 unspecified atom stereocenters. The number of rotatable bonds is 5. The Balaban J connectivity index is 1.50. The molecule has 28 heavy (non-hydrogen) atoms. The van der Waals surface area contributed by atoms with Gasteiger partial charge in [0.25, 0.3) is 0 Å². The number of likely N-dealkylation sites (tertiary alicyclic amines) is 1. The van der Waals surface area contributed by atoms with Crippen LogP contribution in [0, 0.1) is 18.7 Å². The molecule has 150 valence electrons. The molecule has 3 rings (SSSR count). The molecule has 0 spiro atoms. The number of nitrogens with one attached hydrogen (secondary N) is 2. The van der Waals surface area contributed by atoms with Gasteiger partial charge in [0.2, 0.25) is 11.8 Å². The number of hydrogen-bond acceptors (Lipinski definition) is 5. The van der Waals surface area contributed by atoms with E-state index in [4.69, 9.17) is 11.6 Å². The van der Waals surface area contributed by atoms with Crippen molar-refractivity contribution in [1.82, 2.24) is 9.88 Å². The van der Waals surface area contributed by atoms with Crippen LogP contribution in [-0.4, -0.2) is 40.8 Å². The summed E-state index contributed by atoms with van der Waals surface area (Å²) < 4.78 is 13.1. The van der Waals surface area contributed by atoms with E-state index in [-0.39, 0.29) is 28.8 Å². The van der Waals surface area contributed by atoms with Crippen LogP contribution in [0.3, 0.4) is 0 Å². The highest BCUT2D eigenvalue weighted by atomic mass is 35.5. The van der Waals surface area contributed by atoms with Gasteiger partial charge < -0.3 is 10.6 Å². The molecule has 2 heterocycles. The summed E-state index contributed by atoms with van der Waals surface area (Å²) in [5.41, 5.74) is 1.27. The molecule has 1 aromatic carbocycles. The van der Waals surface area contributed by atoms with E-state index >= 15 is 0 Å². The molecule has 6 nitrogen and oxygen atoms in total. The molecule has 1 aliphatic heterocycles. The van der Waals surface area contributed by atoms with E-state index in [2.05, 4.69) is 15.6 Å². The fourth-order valence-electron chi connectivity index (χ4n) is 3.16. The average Bonchev–Trinajstić information content (AvgIpc) is 3.08. The Hall–Kier alpha value is -2.03. The Morgan fingerprint density at radius 1 is 1.32 bits per heavy atom. The predicted octanol–water partition coefficient (Wildman–Crippen LogP) is 3.92. The molecule has 1 saturated heterocycles. The number of hydrogen-bond donors (Lipinski definition) is 2. The molecule has 2 aromatic rings. The summed E-state index contributed by atoms with van der Waals surface area (Å²) in [6.07, 6.45) is 1.34. The lowest BCUT2D eigenvalue weighted by molar-refractivity contribution is -0.123. The quantitative estimate of drug-likeness (QED) is 0.762. The van der Waals surface area contributed by atoms with E-state index in [1.54, 1.807) is 0 Å². The molecule has 1 aromatic heterocycles. The van der Waals surface area contributed by atoms with Crippen molar-refractivity contribution in [1.29, 1.82) is 0 Å². The van der Waals surface area contributed by atoms with E-state index in [9.17, 15) is 14.0 Å². The zero-order chi connectivity index (χ0) is 20.3. The van der Waals surface area contributed by atoms with E-state index in [1.165, 1.54) is 23.5 Å². The lowest BCUT2D eigenvalue weighted by Crippen LogP contribution is -2.47. The summed E-state index contributed by atoms with van der Waals surface area (Å²) in [7, 11) is 0. The largest absolute Gasteiger partial charge is 0.323 e. The third kappa shape index (κ3) is 5.06. The molecule has 0 radical (unpaired) electrons. The molecule has 2 amide bonds. The summed E-state index contributed by atoms with van der Waals surface area (Å²) in [5.74, 6) is -0.787. The van der Waals surface area contributed by atoms with Crippen LogP contribution < -0.4 is 10.6 Å². The normalized spacial score (nSPS) is 16.6. The monoisotopic (exact) mass is 424 g/mol. The first kappa shape index (κ1) is 20.7. The van der Waals surface area contributed by atoms with Gasteiger partial charge in [0, 0.05) is 11.3 Å². The van der Waals surface area contributed by atoms with Crippen molar-refractivity contribution in [2.24, 2.45) is 5.92 Å². The van der Waals surface area contributed by atoms with Crippen LogP contribution in [0.15, 0.2) is 23.6 Å². The number of aromatic nitrogens is 1. The van der Waals surface area contributed by atoms with E-state index in [0.717, 1.165) is 11.8 Å². The molecular weight excluding hydrogens is 403 g/mol. The number of nitrogens with zero attached hydrogens (tertiary/aromatic N) is 2. The second kappa shape index (κ2) is 8.98. The van der Waals surface area contributed by atoms with Crippen molar-refractivity contribution < 1.29 is 14.0 Å². The third-order valence-corrected chi connectivity index (χ3v) is 6.05. The molecule has 1 atom stereocenters. The van der Waals surface area contributed by atoms with Crippen molar-refractivity contribution in [2.45, 2.75) is 32.7 Å². The number of piperidine rings is 1. The van der Waals surface area contributed by atoms with Crippen LogP contribution in [0.5, 0.6) is 0 Å². The first-order chi connectivity index (χ1) is 13.3. The second-order valence-corrected chi connectivity index (χ2v) is 8.15. The number of carbonyl (C=O) groups excluding carboxylic acids is 2. The Morgan fingerprint density at radius 3 is 2.64 bits per heavy atom. The van der Waals surface area contributed by atoms with Gasteiger partial charge in [-0.1, -0.05) is 11.6 Å². The van der Waals surface area contributed by atoms with Gasteiger partial charge in [-0.3, -0.25) is 14.5 Å². The summed E-state index contributed by atoms with van der Waals surface area (Å²) in [6, 6.07) is 3.47. The van der Waals surface area contributed by atoms with Crippen LogP contribution >= 0.6 is 22.9 Å². The minimum Gasteiger partial charge on any atom is -0.323 e. The lowest BCUT2D eigenvalue weighted by atomic mass is 9.95. The predicted molar refractivity (Wildman–Crippen MR) is 109 cm³/mol. The maximum absolute atomic E-state index is 13.1. The number of anilines is 2. The minimum absolute atomic E-state index is 0.0239. The second-order valence-electron chi connectivity index (χ2n) is 6.88. The van der Waals surface area contributed by atoms with Crippen LogP contribution in [0.4, 0.5) is 15.2 Å². The SMILES string of the molecule is Cc1csc(NC(=O)C2CCN(C(C)C(=O)Nc3ccc(F)cc3Cl)CC2)n1. The van der Waals surface area contributed by atoms with Crippen molar-refractivity contribution in [3.8, 4) is 0 Å². The van der Waals surface area contributed by atoms with Gasteiger partial charge in [-0.2, -0.15) is 0 Å². The zero-order valence-electron chi connectivity index (χ0n) is 15.7. The fraction of sp³-hybridized carbons (Fsp3) is 0.421. The highest BCUT2D eigenvalue weighted by Gasteiger charge is 2.30. The third-order valence-electron chi connectivity index (χ3n) is 4.87. The first-order valence-corrected chi connectivity index (χ1v) is 10.3. The maximum Gasteiger partial charge on any atom is 0.241 e. The van der Waals surface area contributed by atoms with E-state index < -0.39 is 5.82 Å².